The summed E-state index contributed by atoms with van der Waals surface area (Å²) in [6.07, 6.45) is 2.63. The molecule has 0 aliphatic heterocycles. The molecule has 1 aliphatic rings. The van der Waals surface area contributed by atoms with Crippen LogP contribution in [-0.4, -0.2) is 16.6 Å². The zero-order valence-corrected chi connectivity index (χ0v) is 11.3. The smallest absolute Gasteiger partial charge is 0.329 e. The van der Waals surface area contributed by atoms with Crippen molar-refractivity contribution in [3.05, 3.63) is 28.7 Å². The van der Waals surface area contributed by atoms with Crippen LogP contribution in [0.25, 0.3) is 0 Å². The molecule has 92 valence electrons. The Morgan fingerprint density at radius 3 is 2.59 bits per heavy atom. The van der Waals surface area contributed by atoms with Gasteiger partial charge in [-0.05, 0) is 43.0 Å². The highest BCUT2D eigenvalue weighted by Gasteiger charge is 2.47. The number of benzene rings is 1. The lowest BCUT2D eigenvalue weighted by Crippen LogP contribution is -2.48. The van der Waals surface area contributed by atoms with E-state index in [1.807, 2.05) is 31.2 Å². The van der Waals surface area contributed by atoms with E-state index in [1.165, 1.54) is 0 Å². The van der Waals surface area contributed by atoms with Gasteiger partial charge < -0.3 is 10.4 Å². The summed E-state index contributed by atoms with van der Waals surface area (Å²) >= 11 is 3.37. The molecule has 0 radical (unpaired) electrons. The summed E-state index contributed by atoms with van der Waals surface area (Å²) in [5.74, 6) is -0.589. The number of carboxylic acids is 1. The first-order chi connectivity index (χ1) is 8.04. The molecule has 2 atom stereocenters. The predicted molar refractivity (Wildman–Crippen MR) is 71.1 cm³/mol. The Morgan fingerprint density at radius 1 is 1.47 bits per heavy atom. The first-order valence-electron chi connectivity index (χ1n) is 5.82. The van der Waals surface area contributed by atoms with Crippen LogP contribution in [0.1, 0.15) is 26.2 Å². The molecule has 0 aromatic heterocycles. The van der Waals surface area contributed by atoms with Gasteiger partial charge in [0.1, 0.15) is 5.54 Å². The van der Waals surface area contributed by atoms with Gasteiger partial charge >= 0.3 is 5.97 Å². The topological polar surface area (TPSA) is 49.3 Å². The Morgan fingerprint density at radius 2 is 2.12 bits per heavy atom. The largest absolute Gasteiger partial charge is 0.479 e. The van der Waals surface area contributed by atoms with Crippen molar-refractivity contribution in [2.75, 3.05) is 5.32 Å². The molecule has 0 amide bonds. The van der Waals surface area contributed by atoms with Gasteiger partial charge in [-0.3, -0.25) is 0 Å². The predicted octanol–water partition coefficient (Wildman–Crippen LogP) is 3.50. The van der Waals surface area contributed by atoms with Crippen molar-refractivity contribution in [1.82, 2.24) is 0 Å². The van der Waals surface area contributed by atoms with Gasteiger partial charge in [0.15, 0.2) is 0 Å². The van der Waals surface area contributed by atoms with Gasteiger partial charge in [0.2, 0.25) is 0 Å². The molecular weight excluding hydrogens is 282 g/mol. The molecule has 0 bridgehead atoms. The van der Waals surface area contributed by atoms with Gasteiger partial charge in [0.05, 0.1) is 0 Å². The maximum absolute atomic E-state index is 11.5. The molecule has 2 N–H and O–H groups in total. The summed E-state index contributed by atoms with van der Waals surface area (Å²) in [7, 11) is 0. The molecule has 2 rings (SSSR count). The van der Waals surface area contributed by atoms with Crippen LogP contribution >= 0.6 is 15.9 Å². The minimum absolute atomic E-state index is 0.156. The summed E-state index contributed by atoms with van der Waals surface area (Å²) in [6.45, 7) is 2.01. The number of rotatable bonds is 3. The number of nitrogens with one attached hydrogen (secondary N) is 1. The molecule has 1 aromatic carbocycles. The van der Waals surface area contributed by atoms with Crippen LogP contribution in [0.15, 0.2) is 28.7 Å². The van der Waals surface area contributed by atoms with E-state index in [4.69, 9.17) is 0 Å². The van der Waals surface area contributed by atoms with Gasteiger partial charge in [-0.15, -0.1) is 0 Å². The Labute approximate surface area is 109 Å². The van der Waals surface area contributed by atoms with E-state index in [2.05, 4.69) is 21.2 Å². The number of aliphatic carboxylic acids is 1. The lowest BCUT2D eigenvalue weighted by molar-refractivity contribution is -0.143. The van der Waals surface area contributed by atoms with Crippen molar-refractivity contribution < 1.29 is 9.90 Å². The molecule has 1 aromatic rings. The van der Waals surface area contributed by atoms with E-state index < -0.39 is 11.5 Å². The standard InChI is InChI=1S/C13H16BrNO2/c1-9-3-2-8-13(9,12(16)17)15-11-6-4-10(14)5-7-11/h4-7,9,15H,2-3,8H2,1H3,(H,16,17). The molecule has 17 heavy (non-hydrogen) atoms. The Hall–Kier alpha value is -1.03. The van der Waals surface area contributed by atoms with Crippen molar-refractivity contribution in [3.63, 3.8) is 0 Å². The fourth-order valence-electron chi connectivity index (χ4n) is 2.53. The average Bonchev–Trinajstić information content (AvgIpc) is 2.65. The van der Waals surface area contributed by atoms with E-state index >= 15 is 0 Å². The van der Waals surface area contributed by atoms with Crippen molar-refractivity contribution in [1.29, 1.82) is 0 Å². The van der Waals surface area contributed by atoms with Crippen LogP contribution in [-0.2, 0) is 4.79 Å². The number of hydrogen-bond donors (Lipinski definition) is 2. The van der Waals surface area contributed by atoms with E-state index in [1.54, 1.807) is 0 Å². The molecule has 3 nitrogen and oxygen atoms in total. The van der Waals surface area contributed by atoms with E-state index in [0.717, 1.165) is 23.0 Å². The van der Waals surface area contributed by atoms with Gasteiger partial charge in [-0.25, -0.2) is 4.79 Å². The monoisotopic (exact) mass is 297 g/mol. The van der Waals surface area contributed by atoms with Gasteiger partial charge in [0.25, 0.3) is 0 Å². The van der Waals surface area contributed by atoms with Crippen molar-refractivity contribution in [2.24, 2.45) is 5.92 Å². The van der Waals surface area contributed by atoms with Gasteiger partial charge in [-0.1, -0.05) is 29.3 Å². The SMILES string of the molecule is CC1CCCC1(Nc1ccc(Br)cc1)C(=O)O. The molecule has 0 spiro atoms. The second-order valence-corrected chi connectivity index (χ2v) is 5.62. The van der Waals surface area contributed by atoms with E-state index in [9.17, 15) is 9.90 Å². The fourth-order valence-corrected chi connectivity index (χ4v) is 2.79. The summed E-state index contributed by atoms with van der Waals surface area (Å²) in [5.41, 5.74) is 0.0674. The molecule has 0 heterocycles. The van der Waals surface area contributed by atoms with Crippen LogP contribution in [0.4, 0.5) is 5.69 Å². The zero-order valence-electron chi connectivity index (χ0n) is 9.74. The number of carbonyl (C=O) groups is 1. The maximum atomic E-state index is 11.5. The van der Waals surface area contributed by atoms with E-state index in [-0.39, 0.29) is 5.92 Å². The molecule has 4 heteroatoms. The number of halogens is 1. The third-order valence-electron chi connectivity index (χ3n) is 3.64. The second kappa shape index (κ2) is 4.69. The van der Waals surface area contributed by atoms with Crippen molar-refractivity contribution in [2.45, 2.75) is 31.7 Å². The van der Waals surface area contributed by atoms with Crippen LogP contribution < -0.4 is 5.32 Å². The van der Waals surface area contributed by atoms with Crippen LogP contribution in [0.3, 0.4) is 0 Å². The van der Waals surface area contributed by atoms with Crippen molar-refractivity contribution >= 4 is 27.6 Å². The normalized spacial score (nSPS) is 28.0. The fraction of sp³-hybridized carbons (Fsp3) is 0.462. The van der Waals surface area contributed by atoms with Crippen LogP contribution in [0.5, 0.6) is 0 Å². The molecule has 1 fully saturated rings. The number of anilines is 1. The zero-order chi connectivity index (χ0) is 12.5. The van der Waals surface area contributed by atoms with Crippen LogP contribution in [0, 0.1) is 5.92 Å². The lowest BCUT2D eigenvalue weighted by Gasteiger charge is -2.31. The minimum Gasteiger partial charge on any atom is -0.479 e. The maximum Gasteiger partial charge on any atom is 0.329 e. The molecule has 0 saturated heterocycles. The second-order valence-electron chi connectivity index (χ2n) is 4.70. The third-order valence-corrected chi connectivity index (χ3v) is 4.17. The highest BCUT2D eigenvalue weighted by Crippen LogP contribution is 2.38. The first-order valence-corrected chi connectivity index (χ1v) is 6.61. The highest BCUT2D eigenvalue weighted by atomic mass is 79.9. The van der Waals surface area contributed by atoms with Gasteiger partial charge in [0, 0.05) is 10.2 Å². The number of hydrogen-bond acceptors (Lipinski definition) is 2. The lowest BCUT2D eigenvalue weighted by atomic mass is 9.88. The minimum atomic E-state index is -0.798. The Kier molecular flexibility index (Phi) is 3.43. The molecule has 2 unspecified atom stereocenters. The summed E-state index contributed by atoms with van der Waals surface area (Å²) in [6, 6.07) is 7.63. The quantitative estimate of drug-likeness (QED) is 0.898. The highest BCUT2D eigenvalue weighted by molar-refractivity contribution is 9.10. The number of carboxylic acid groups (broad SMARTS) is 1. The summed E-state index contributed by atoms with van der Waals surface area (Å²) in [4.78, 5) is 11.5. The van der Waals surface area contributed by atoms with Crippen LogP contribution in [0.2, 0.25) is 0 Å². The Balaban J connectivity index is 2.24. The van der Waals surface area contributed by atoms with E-state index in [0.29, 0.717) is 6.42 Å². The van der Waals surface area contributed by atoms with Crippen molar-refractivity contribution in [3.8, 4) is 0 Å². The molecule has 1 aliphatic carbocycles. The first kappa shape index (κ1) is 12.4. The molecule has 1 saturated carbocycles. The third kappa shape index (κ3) is 2.32. The average molecular weight is 298 g/mol. The Bertz CT molecular complexity index is 418. The summed E-state index contributed by atoms with van der Waals surface area (Å²) in [5, 5.41) is 12.7. The van der Waals surface area contributed by atoms with Gasteiger partial charge in [-0.2, -0.15) is 0 Å². The molecular formula is C13H16BrNO2. The summed E-state index contributed by atoms with van der Waals surface area (Å²) < 4.78 is 0.992.